The van der Waals surface area contributed by atoms with Crippen LogP contribution in [0.5, 0.6) is 0 Å². The molecule has 1 saturated heterocycles. The minimum absolute atomic E-state index is 0.229. The number of nitrogens with one attached hydrogen (secondary N) is 1. The molecule has 0 saturated carbocycles. The van der Waals surface area contributed by atoms with E-state index in [4.69, 9.17) is 0 Å². The number of alkyl halides is 3. The summed E-state index contributed by atoms with van der Waals surface area (Å²) in [6.07, 6.45) is -4.02. The summed E-state index contributed by atoms with van der Waals surface area (Å²) < 4.78 is 37.7. The van der Waals surface area contributed by atoms with E-state index in [0.717, 1.165) is 30.6 Å². The average Bonchev–Trinajstić information content (AvgIpc) is 2.72. The summed E-state index contributed by atoms with van der Waals surface area (Å²) in [4.78, 5) is 0. The molecule has 1 atom stereocenters. The minimum atomic E-state index is -4.13. The summed E-state index contributed by atoms with van der Waals surface area (Å²) in [7, 11) is 0. The molecular weight excluding hydrogens is 227 g/mol. The maximum absolute atomic E-state index is 12.6. The van der Waals surface area contributed by atoms with Gasteiger partial charge in [-0.05, 0) is 42.5 Å². The number of rotatable bonds is 2. The van der Waals surface area contributed by atoms with Crippen LogP contribution < -0.4 is 5.32 Å². The van der Waals surface area contributed by atoms with Crippen LogP contribution in [0.3, 0.4) is 0 Å². The van der Waals surface area contributed by atoms with Gasteiger partial charge >= 0.3 is 6.18 Å². The van der Waals surface area contributed by atoms with E-state index in [0.29, 0.717) is 5.56 Å². The highest BCUT2D eigenvalue weighted by atomic mass is 19.4. The second-order valence-electron chi connectivity index (χ2n) is 4.62. The minimum Gasteiger partial charge on any atom is -0.316 e. The molecule has 1 aliphatic rings. The topological polar surface area (TPSA) is 12.0 Å². The van der Waals surface area contributed by atoms with Crippen molar-refractivity contribution in [3.05, 3.63) is 34.9 Å². The number of hydrogen-bond acceptors (Lipinski definition) is 1. The van der Waals surface area contributed by atoms with Gasteiger partial charge in [0.2, 0.25) is 0 Å². The predicted octanol–water partition coefficient (Wildman–Crippen LogP) is 3.18. The Kier molecular flexibility index (Phi) is 3.43. The first-order valence-corrected chi connectivity index (χ1v) is 5.83. The van der Waals surface area contributed by atoms with Crippen LogP contribution in [0.15, 0.2) is 18.2 Å². The quantitative estimate of drug-likeness (QED) is 0.841. The molecule has 1 heterocycles. The molecule has 1 unspecified atom stereocenters. The van der Waals surface area contributed by atoms with Gasteiger partial charge in [-0.2, -0.15) is 13.2 Å². The van der Waals surface area contributed by atoms with Gasteiger partial charge in [-0.1, -0.05) is 18.2 Å². The molecule has 1 nitrogen and oxygen atoms in total. The second-order valence-corrected chi connectivity index (χ2v) is 4.62. The first-order chi connectivity index (χ1) is 7.97. The lowest BCUT2D eigenvalue weighted by Gasteiger charge is -2.18. The summed E-state index contributed by atoms with van der Waals surface area (Å²) >= 11 is 0. The highest BCUT2D eigenvalue weighted by Gasteiger charge is 2.31. The molecule has 0 radical (unpaired) electrons. The van der Waals surface area contributed by atoms with Crippen molar-refractivity contribution in [1.29, 1.82) is 0 Å². The first-order valence-electron chi connectivity index (χ1n) is 5.83. The number of aryl methyl sites for hydroxylation is 1. The molecule has 0 aliphatic carbocycles. The zero-order valence-corrected chi connectivity index (χ0v) is 9.77. The Hall–Kier alpha value is -1.03. The zero-order valence-electron chi connectivity index (χ0n) is 9.77. The number of halogens is 3. The summed E-state index contributed by atoms with van der Waals surface area (Å²) in [5.74, 6) is 0.229. The summed E-state index contributed by atoms with van der Waals surface area (Å²) in [6.45, 7) is 3.44. The summed E-state index contributed by atoms with van der Waals surface area (Å²) in [6, 6.07) is 5.45. The van der Waals surface area contributed by atoms with Gasteiger partial charge in [-0.25, -0.2) is 0 Å². The number of hydrogen-bond donors (Lipinski definition) is 1. The smallest absolute Gasteiger partial charge is 0.316 e. The molecule has 17 heavy (non-hydrogen) atoms. The van der Waals surface area contributed by atoms with Gasteiger partial charge in [0.25, 0.3) is 0 Å². The third kappa shape index (κ3) is 3.00. The number of benzene rings is 1. The third-order valence-corrected chi connectivity index (χ3v) is 3.32. The van der Waals surface area contributed by atoms with Crippen molar-refractivity contribution in [2.75, 3.05) is 13.1 Å². The average molecular weight is 243 g/mol. The van der Waals surface area contributed by atoms with E-state index in [1.165, 1.54) is 0 Å². The highest BCUT2D eigenvalue weighted by molar-refractivity contribution is 5.38. The zero-order chi connectivity index (χ0) is 12.5. The maximum Gasteiger partial charge on any atom is 0.393 e. The van der Waals surface area contributed by atoms with E-state index >= 15 is 0 Å². The van der Waals surface area contributed by atoms with E-state index < -0.39 is 12.6 Å². The Morgan fingerprint density at radius 1 is 1.35 bits per heavy atom. The van der Waals surface area contributed by atoms with Gasteiger partial charge in [-0.3, -0.25) is 0 Å². The molecule has 0 aromatic heterocycles. The van der Waals surface area contributed by atoms with Crippen LogP contribution in [0.2, 0.25) is 0 Å². The van der Waals surface area contributed by atoms with Crippen molar-refractivity contribution >= 4 is 0 Å². The van der Waals surface area contributed by atoms with Crippen LogP contribution in [0.1, 0.15) is 29.0 Å². The van der Waals surface area contributed by atoms with Crippen molar-refractivity contribution in [3.63, 3.8) is 0 Å². The van der Waals surface area contributed by atoms with E-state index in [9.17, 15) is 13.2 Å². The Morgan fingerprint density at radius 3 is 2.71 bits per heavy atom. The molecule has 1 aromatic carbocycles. The standard InChI is InChI=1S/C13H16F3N/c1-9-3-2-4-11(10-5-6-17-8-10)12(9)7-13(14,15)16/h2-4,10,17H,5-8H2,1H3. The fraction of sp³-hybridized carbons (Fsp3) is 0.538. The molecule has 1 N–H and O–H groups in total. The third-order valence-electron chi connectivity index (χ3n) is 3.32. The molecular formula is C13H16F3N. The summed E-state index contributed by atoms with van der Waals surface area (Å²) in [5.41, 5.74) is 2.08. The fourth-order valence-electron chi connectivity index (χ4n) is 2.47. The molecule has 0 bridgehead atoms. The second kappa shape index (κ2) is 4.69. The van der Waals surface area contributed by atoms with Gasteiger partial charge in [0.15, 0.2) is 0 Å². The van der Waals surface area contributed by atoms with Crippen LogP contribution >= 0.6 is 0 Å². The molecule has 0 amide bonds. The lowest BCUT2D eigenvalue weighted by Crippen LogP contribution is -2.16. The van der Waals surface area contributed by atoms with Crippen LogP contribution in [0, 0.1) is 6.92 Å². The van der Waals surface area contributed by atoms with Crippen molar-refractivity contribution in [3.8, 4) is 0 Å². The monoisotopic (exact) mass is 243 g/mol. The van der Waals surface area contributed by atoms with E-state index in [1.807, 2.05) is 12.1 Å². The van der Waals surface area contributed by atoms with E-state index in [2.05, 4.69) is 5.32 Å². The van der Waals surface area contributed by atoms with Gasteiger partial charge in [-0.15, -0.1) is 0 Å². The lowest BCUT2D eigenvalue weighted by molar-refractivity contribution is -0.127. The van der Waals surface area contributed by atoms with Crippen LogP contribution in [-0.2, 0) is 6.42 Å². The van der Waals surface area contributed by atoms with Crippen molar-refractivity contribution < 1.29 is 13.2 Å². The van der Waals surface area contributed by atoms with Crippen molar-refractivity contribution in [1.82, 2.24) is 5.32 Å². The van der Waals surface area contributed by atoms with Gasteiger partial charge in [0.05, 0.1) is 6.42 Å². The fourth-order valence-corrected chi connectivity index (χ4v) is 2.47. The predicted molar refractivity (Wildman–Crippen MR) is 61.2 cm³/mol. The Labute approximate surface area is 99.0 Å². The molecule has 1 fully saturated rings. The maximum atomic E-state index is 12.6. The SMILES string of the molecule is Cc1cccc(C2CCNC2)c1CC(F)(F)F. The Morgan fingerprint density at radius 2 is 2.12 bits per heavy atom. The van der Waals surface area contributed by atoms with Crippen molar-refractivity contribution in [2.45, 2.75) is 31.9 Å². The first kappa shape index (κ1) is 12.4. The van der Waals surface area contributed by atoms with Gasteiger partial charge in [0.1, 0.15) is 0 Å². The van der Waals surface area contributed by atoms with Gasteiger partial charge in [0, 0.05) is 6.54 Å². The highest BCUT2D eigenvalue weighted by Crippen LogP contribution is 2.32. The van der Waals surface area contributed by atoms with Crippen LogP contribution in [0.4, 0.5) is 13.2 Å². The molecule has 1 aliphatic heterocycles. The Bertz CT molecular complexity index is 392. The lowest BCUT2D eigenvalue weighted by atomic mass is 9.89. The molecule has 4 heteroatoms. The summed E-state index contributed by atoms with van der Waals surface area (Å²) in [5, 5.41) is 3.20. The van der Waals surface area contributed by atoms with Crippen LogP contribution in [0.25, 0.3) is 0 Å². The van der Waals surface area contributed by atoms with Crippen LogP contribution in [-0.4, -0.2) is 19.3 Å². The Balaban J connectivity index is 2.33. The molecule has 0 spiro atoms. The largest absolute Gasteiger partial charge is 0.393 e. The van der Waals surface area contributed by atoms with Gasteiger partial charge < -0.3 is 5.32 Å². The molecule has 1 aromatic rings. The van der Waals surface area contributed by atoms with Crippen molar-refractivity contribution in [2.24, 2.45) is 0 Å². The molecule has 94 valence electrons. The normalized spacial score (nSPS) is 20.8. The van der Waals surface area contributed by atoms with E-state index in [1.54, 1.807) is 13.0 Å². The van der Waals surface area contributed by atoms with E-state index in [-0.39, 0.29) is 5.92 Å². The molecule has 2 rings (SSSR count).